The number of methoxy groups -OCH3 is 1. The monoisotopic (exact) mass is 1660 g/mol. The van der Waals surface area contributed by atoms with Gasteiger partial charge < -0.3 is 34.5 Å². The van der Waals surface area contributed by atoms with Gasteiger partial charge in [-0.2, -0.15) is 17.3 Å². The topological polar surface area (TPSA) is 423 Å². The molecule has 2 unspecified atom stereocenters. The number of alkyl halides is 1. The summed E-state index contributed by atoms with van der Waals surface area (Å²) in [6.07, 6.45) is 17.3. The van der Waals surface area contributed by atoms with Crippen LogP contribution in [0.3, 0.4) is 0 Å². The minimum Gasteiger partial charge on any atom is -0.497 e. The number of anilines is 1. The van der Waals surface area contributed by atoms with Crippen LogP contribution < -0.4 is 25.8 Å². The van der Waals surface area contributed by atoms with Crippen LogP contribution in [0.25, 0.3) is 21.5 Å². The second-order valence-electron chi connectivity index (χ2n) is 28.2. The van der Waals surface area contributed by atoms with E-state index < -0.39 is 89.2 Å². The van der Waals surface area contributed by atoms with Crippen molar-refractivity contribution < 1.29 is 98.9 Å². The number of carbonyl (C=O) groups excluding carboxylic acids is 4. The molecule has 5 aromatic carbocycles. The normalized spacial score (nSPS) is 14.6. The van der Waals surface area contributed by atoms with Gasteiger partial charge >= 0.3 is 21.2 Å². The molecule has 2 aliphatic heterocycles. The summed E-state index contributed by atoms with van der Waals surface area (Å²) in [5, 5.41) is 35.5. The maximum atomic E-state index is 13.9. The van der Waals surface area contributed by atoms with Gasteiger partial charge in [0.1, 0.15) is 36.7 Å². The number of allylic oxidation sites excluding steroid dienone is 6. The van der Waals surface area contributed by atoms with Gasteiger partial charge in [0.15, 0.2) is 5.71 Å². The van der Waals surface area contributed by atoms with Gasteiger partial charge in [0.25, 0.3) is 16.0 Å². The summed E-state index contributed by atoms with van der Waals surface area (Å²) in [5.74, 6) is -1.94. The van der Waals surface area contributed by atoms with Crippen molar-refractivity contribution in [2.45, 2.75) is 166 Å². The van der Waals surface area contributed by atoms with E-state index >= 15 is 0 Å². The smallest absolute Gasteiger partial charge is 0.425 e. The van der Waals surface area contributed by atoms with E-state index in [2.05, 4.69) is 137 Å². The summed E-state index contributed by atoms with van der Waals surface area (Å²) in [5.41, 5.74) is 9.39. The Hall–Kier alpha value is -9.70. The van der Waals surface area contributed by atoms with Gasteiger partial charge in [-0.1, -0.05) is 86.7 Å². The Morgan fingerprint density at radius 3 is 2.01 bits per heavy atom. The molecule has 5 N–H and O–H groups in total. The SMILES string of the molecule is CCN1\C(=C/C=C/C=C/C2=[N+](CCCCCC(=O)CCCC(NC(=O)Cn3cc(CCCF)nn3)C(=O)NCCOCCOCCOCCn3cc(CN(C(C(=O)NO)C(C)C)S(=O)(=O)c4ccc(OC)cc4)nn3)c3ccc4ccc(S(=O)(=O)O)cc4c3C2(C)C)C(C)(C)c2c1ccc1c(C)cccc21.O=S(=O)=O.O=S(=O)=O. The number of likely N-dealkylation sites (N-methyl/N-ethyl adjacent to an activating group) is 1. The molecule has 32 nitrogen and oxygen atoms in total. The van der Waals surface area contributed by atoms with Crippen molar-refractivity contribution in [1.29, 1.82) is 0 Å². The number of sulfonamides is 1. The van der Waals surface area contributed by atoms with Crippen molar-refractivity contribution in [3.63, 3.8) is 0 Å². The van der Waals surface area contributed by atoms with Crippen LogP contribution in [0, 0.1) is 12.8 Å². The molecule has 2 atom stereocenters. The van der Waals surface area contributed by atoms with Gasteiger partial charge in [-0.3, -0.25) is 33.3 Å². The van der Waals surface area contributed by atoms with Crippen LogP contribution in [-0.2, 0) is 112 Å². The zero-order valence-electron chi connectivity index (χ0n) is 65.2. The number of ether oxygens (including phenoxy) is 4. The number of Topliss-reactive ketones (excluding diaryl/α,β-unsaturated/α-hetero) is 1. The predicted molar refractivity (Wildman–Crippen MR) is 420 cm³/mol. The molecule has 0 saturated heterocycles. The highest BCUT2D eigenvalue weighted by Gasteiger charge is 2.46. The maximum absolute atomic E-state index is 13.9. The van der Waals surface area contributed by atoms with Gasteiger partial charge in [-0.15, -0.1) is 35.5 Å². The minimum absolute atomic E-state index is 0.0245. The average molecular weight is 1660 g/mol. The van der Waals surface area contributed by atoms with Crippen molar-refractivity contribution in [1.82, 2.24) is 50.4 Å². The molecule has 37 heteroatoms. The maximum Gasteiger partial charge on any atom is 0.425 e. The molecule has 0 bridgehead atoms. The Morgan fingerprint density at radius 1 is 0.711 bits per heavy atom. The Labute approximate surface area is 665 Å². The van der Waals surface area contributed by atoms with E-state index in [0.717, 1.165) is 51.4 Å². The Morgan fingerprint density at radius 2 is 1.35 bits per heavy atom. The van der Waals surface area contributed by atoms with Crippen LogP contribution in [0.1, 0.15) is 128 Å². The fourth-order valence-corrected chi connectivity index (χ4v) is 16.3. The summed E-state index contributed by atoms with van der Waals surface area (Å²) in [7, 11) is -13.5. The third-order valence-corrected chi connectivity index (χ3v) is 22.0. The van der Waals surface area contributed by atoms with Gasteiger partial charge in [0.2, 0.25) is 27.5 Å². The summed E-state index contributed by atoms with van der Waals surface area (Å²) in [6.45, 7) is 18.5. The standard InChI is InChI=1S/C77H99FN12O14S2.2O3S/c1-10-88-66-37-35-62-54(4)20-17-24-63(62)71(66)76(5,6)68(88)26-14-11-15-27-69-77(7,8)72-64-48-61(106(98,99)100)32-28-55(64)29-36-67(72)89(69)40-16-12-13-22-58(91)23-18-25-65(80-70(92)52-87-49-56(81-85-87)21-19-38-78)74(93)79-39-42-102-44-46-104-47-45-103-43-41-86-50-57(82-84-86)51-90(73(53(2)3)75(94)83-95)105(96,97)60-33-30-59(101-9)31-34-60;2*1-4(2)3/h11,14-15,17,20,24,26-37,48-50,53,65,73H,10,12-13,16,18-19,21-23,25,38-47,51-52H2,1-9H3,(H4-,79,80,81,82,83,84,85,92,93,94,95,98,99,100);;/p+1. The average Bonchev–Trinajstić information content (AvgIpc) is 1.57. The first-order valence-corrected chi connectivity index (χ1v) is 41.9. The Bertz CT molecular complexity index is 5090. The molecule has 0 spiro atoms. The largest absolute Gasteiger partial charge is 0.497 e. The zero-order chi connectivity index (χ0) is 83.5. The van der Waals surface area contributed by atoms with Crippen LogP contribution in [-0.4, -0.2) is 205 Å². The molecule has 3 amide bonds. The number of fused-ring (bicyclic) bond motifs is 6. The summed E-state index contributed by atoms with van der Waals surface area (Å²) in [4.78, 5) is 55.5. The number of rotatable bonds is 42. The van der Waals surface area contributed by atoms with Gasteiger partial charge in [0.05, 0.1) is 93.1 Å². The third-order valence-electron chi connectivity index (χ3n) is 19.3. The number of amides is 3. The van der Waals surface area contributed by atoms with E-state index in [1.807, 2.05) is 18.2 Å². The fourth-order valence-electron chi connectivity index (χ4n) is 14.1. The molecule has 9 rings (SSSR count). The number of aromatic nitrogens is 6. The van der Waals surface area contributed by atoms with E-state index in [9.17, 15) is 50.2 Å². The predicted octanol–water partition coefficient (Wildman–Crippen LogP) is 7.90. The molecule has 0 aliphatic carbocycles. The highest BCUT2D eigenvalue weighted by molar-refractivity contribution is 7.89. The summed E-state index contributed by atoms with van der Waals surface area (Å²) in [6, 6.07) is 23.1. The van der Waals surface area contributed by atoms with E-state index in [-0.39, 0.29) is 112 Å². The minimum atomic E-state index is -4.49. The molecule has 2 aliphatic rings. The molecule has 114 heavy (non-hydrogen) atoms. The molecule has 0 saturated carbocycles. The lowest BCUT2D eigenvalue weighted by molar-refractivity contribution is -0.438. The molecular formula is C77H100FN12O20S4+. The van der Waals surface area contributed by atoms with Crippen LogP contribution in [0.5, 0.6) is 5.75 Å². The van der Waals surface area contributed by atoms with E-state index in [0.29, 0.717) is 43.7 Å². The van der Waals surface area contributed by atoms with Crippen LogP contribution in [0.15, 0.2) is 143 Å². The number of hydrogen-bond donors (Lipinski definition) is 5. The molecule has 0 fully saturated rings. The van der Waals surface area contributed by atoms with E-state index in [4.69, 9.17) is 44.2 Å². The van der Waals surface area contributed by atoms with Crippen LogP contribution >= 0.6 is 0 Å². The number of halogens is 1. The lowest BCUT2D eigenvalue weighted by Gasteiger charge is -2.31. The van der Waals surface area contributed by atoms with Crippen molar-refractivity contribution in [2.24, 2.45) is 5.92 Å². The highest BCUT2D eigenvalue weighted by atomic mass is 32.2. The Balaban J connectivity index is 0.00000215. The fraction of sp³-hybridized carbons (Fsp3) is 0.468. The number of ketones is 1. The second kappa shape index (κ2) is 43.1. The molecule has 0 radical (unpaired) electrons. The first-order valence-electron chi connectivity index (χ1n) is 37.0. The number of aryl methyl sites for hydroxylation is 2. The Kier molecular flexibility index (Phi) is 34.6. The van der Waals surface area contributed by atoms with Crippen molar-refractivity contribution >= 4 is 103 Å². The number of nitrogens with one attached hydrogen (secondary N) is 3. The van der Waals surface area contributed by atoms with Crippen molar-refractivity contribution in [2.75, 3.05) is 78.0 Å². The first-order chi connectivity index (χ1) is 54.2. The van der Waals surface area contributed by atoms with Crippen LogP contribution in [0.2, 0.25) is 0 Å². The quantitative estimate of drug-likeness (QED) is 0.00606. The summed E-state index contributed by atoms with van der Waals surface area (Å²) < 4.78 is 155. The van der Waals surface area contributed by atoms with E-state index in [1.54, 1.807) is 43.9 Å². The molecular weight excluding hydrogens is 1560 g/mol. The molecule has 2 aromatic heterocycles. The third kappa shape index (κ3) is 25.2. The number of nitrogens with zero attached hydrogens (tertiary/aromatic N) is 9. The summed E-state index contributed by atoms with van der Waals surface area (Å²) >= 11 is 0. The number of unbranched alkanes of at least 4 members (excludes halogenated alkanes) is 2. The molecule has 4 heterocycles. The second-order valence-corrected chi connectivity index (χ2v) is 32.4. The van der Waals surface area contributed by atoms with Gasteiger partial charge in [-0.25, -0.2) is 23.3 Å². The van der Waals surface area contributed by atoms with Gasteiger partial charge in [-0.05, 0) is 159 Å². The number of hydroxylamine groups is 1. The van der Waals surface area contributed by atoms with Crippen molar-refractivity contribution in [3.8, 4) is 5.75 Å². The van der Waals surface area contributed by atoms with Crippen LogP contribution in [0.4, 0.5) is 15.8 Å². The van der Waals surface area contributed by atoms with E-state index in [1.165, 1.54) is 80.1 Å². The zero-order valence-corrected chi connectivity index (χ0v) is 68.5. The lowest BCUT2D eigenvalue weighted by atomic mass is 9.79. The number of carbonyl (C=O) groups is 4. The highest BCUT2D eigenvalue weighted by Crippen LogP contribution is 2.51. The first kappa shape index (κ1) is 91.5. The van der Waals surface area contributed by atoms with Crippen molar-refractivity contribution in [3.05, 3.63) is 161 Å². The lowest BCUT2D eigenvalue weighted by Crippen LogP contribution is -2.51. The molecule has 7 aromatic rings. The number of benzene rings is 5. The van der Waals surface area contributed by atoms with Gasteiger partial charge in [0, 0.05) is 79.3 Å². The molecule has 618 valence electrons. The number of hydrogen-bond acceptors (Lipinski definition) is 24.